The van der Waals surface area contributed by atoms with E-state index in [4.69, 9.17) is 20.5 Å². The second-order valence-corrected chi connectivity index (χ2v) is 10.6. The van der Waals surface area contributed by atoms with Crippen molar-refractivity contribution in [3.63, 3.8) is 0 Å². The van der Waals surface area contributed by atoms with Crippen LogP contribution in [0.4, 0.5) is 5.00 Å². The SMILES string of the molecule is CCOC(=O)c1sc(NC(=O)c2ccc(S(=O)(=O)N(CCC#N)CCC#N)cc2)c(SC#N)c1C. The Morgan fingerprint density at radius 3 is 2.23 bits per heavy atom. The number of sulfonamides is 1. The molecule has 0 atom stereocenters. The number of ether oxygens (including phenoxy) is 1. The van der Waals surface area contributed by atoms with Crippen molar-refractivity contribution in [3.05, 3.63) is 40.3 Å². The third-order valence-corrected chi connectivity index (χ3v) is 8.66. The molecule has 182 valence electrons. The van der Waals surface area contributed by atoms with Crippen molar-refractivity contribution >= 4 is 50.0 Å². The maximum atomic E-state index is 12.9. The Labute approximate surface area is 211 Å². The highest BCUT2D eigenvalue weighted by atomic mass is 32.2. The Hall–Kier alpha value is -3.41. The number of anilines is 1. The largest absolute Gasteiger partial charge is 0.462 e. The molecule has 2 rings (SSSR count). The Kier molecular flexibility index (Phi) is 10.2. The summed E-state index contributed by atoms with van der Waals surface area (Å²) in [5.74, 6) is -1.11. The number of amides is 1. The second kappa shape index (κ2) is 12.9. The zero-order chi connectivity index (χ0) is 26.0. The van der Waals surface area contributed by atoms with Gasteiger partial charge in [-0.25, -0.2) is 13.2 Å². The summed E-state index contributed by atoms with van der Waals surface area (Å²) >= 11 is 1.80. The first kappa shape index (κ1) is 27.8. The van der Waals surface area contributed by atoms with Crippen LogP contribution in [0.5, 0.6) is 0 Å². The van der Waals surface area contributed by atoms with Crippen LogP contribution in [0, 0.1) is 40.2 Å². The van der Waals surface area contributed by atoms with Gasteiger partial charge in [0.05, 0.1) is 28.5 Å². The fourth-order valence-electron chi connectivity index (χ4n) is 2.94. The smallest absolute Gasteiger partial charge is 0.348 e. The topological polar surface area (TPSA) is 164 Å². The van der Waals surface area contributed by atoms with Gasteiger partial charge in [-0.3, -0.25) is 4.79 Å². The van der Waals surface area contributed by atoms with Crippen LogP contribution in [-0.2, 0) is 14.8 Å². The molecular formula is C22H21N5O5S3. The molecule has 0 bridgehead atoms. The summed E-state index contributed by atoms with van der Waals surface area (Å²) in [5.41, 5.74) is 0.674. The summed E-state index contributed by atoms with van der Waals surface area (Å²) in [5, 5.41) is 31.6. The molecule has 10 nitrogen and oxygen atoms in total. The minimum Gasteiger partial charge on any atom is -0.462 e. The summed E-state index contributed by atoms with van der Waals surface area (Å²) in [7, 11) is -3.97. The lowest BCUT2D eigenvalue weighted by Crippen LogP contribution is -2.32. The summed E-state index contributed by atoms with van der Waals surface area (Å²) < 4.78 is 31.9. The van der Waals surface area contributed by atoms with Gasteiger partial charge >= 0.3 is 5.97 Å². The van der Waals surface area contributed by atoms with E-state index < -0.39 is 21.9 Å². The molecule has 0 spiro atoms. The highest BCUT2D eigenvalue weighted by Crippen LogP contribution is 2.40. The van der Waals surface area contributed by atoms with E-state index >= 15 is 0 Å². The number of hydrogen-bond acceptors (Lipinski definition) is 10. The number of thioether (sulfide) groups is 1. The lowest BCUT2D eigenvalue weighted by molar-refractivity contribution is 0.0531. The predicted octanol–water partition coefficient (Wildman–Crippen LogP) is 3.88. The number of esters is 1. The first-order valence-electron chi connectivity index (χ1n) is 10.2. The minimum atomic E-state index is -3.97. The van der Waals surface area contributed by atoms with Crippen molar-refractivity contribution in [2.75, 3.05) is 25.0 Å². The Balaban J connectivity index is 2.29. The van der Waals surface area contributed by atoms with Crippen molar-refractivity contribution in [3.8, 4) is 17.5 Å². The van der Waals surface area contributed by atoms with Crippen molar-refractivity contribution < 1.29 is 22.7 Å². The predicted molar refractivity (Wildman–Crippen MR) is 130 cm³/mol. The first-order chi connectivity index (χ1) is 16.7. The van der Waals surface area contributed by atoms with Gasteiger partial charge in [0.25, 0.3) is 5.91 Å². The summed E-state index contributed by atoms with van der Waals surface area (Å²) in [6, 6.07) is 8.97. The average molecular weight is 532 g/mol. The van der Waals surface area contributed by atoms with Crippen LogP contribution in [0.1, 0.15) is 45.4 Å². The van der Waals surface area contributed by atoms with E-state index in [2.05, 4.69) is 5.32 Å². The van der Waals surface area contributed by atoms with E-state index in [-0.39, 0.29) is 47.9 Å². The standard InChI is InChI=1S/C22H21N5O5S3/c1-3-32-22(29)19-15(2)18(33-14-25)21(34-19)26-20(28)16-6-8-17(9-7-16)35(30,31)27(12-4-10-23)13-5-11-24/h6-9H,3-5,12-13H2,1-2H3,(H,26,28). The van der Waals surface area contributed by atoms with Gasteiger partial charge < -0.3 is 10.1 Å². The van der Waals surface area contributed by atoms with Gasteiger partial charge in [0.1, 0.15) is 15.3 Å². The van der Waals surface area contributed by atoms with Gasteiger partial charge in [0.2, 0.25) is 10.0 Å². The van der Waals surface area contributed by atoms with E-state index in [1.807, 2.05) is 17.5 Å². The van der Waals surface area contributed by atoms with Crippen molar-refractivity contribution in [2.24, 2.45) is 0 Å². The fourth-order valence-corrected chi connectivity index (χ4v) is 6.18. The van der Waals surface area contributed by atoms with Gasteiger partial charge in [-0.1, -0.05) is 0 Å². The Morgan fingerprint density at radius 2 is 1.71 bits per heavy atom. The third-order valence-electron chi connectivity index (χ3n) is 4.63. The molecule has 0 unspecified atom stereocenters. The molecule has 0 aliphatic rings. The van der Waals surface area contributed by atoms with Crippen molar-refractivity contribution in [2.45, 2.75) is 36.5 Å². The Morgan fingerprint density at radius 1 is 1.11 bits per heavy atom. The monoisotopic (exact) mass is 531 g/mol. The van der Waals surface area contributed by atoms with Gasteiger partial charge in [0.15, 0.2) is 0 Å². The zero-order valence-electron chi connectivity index (χ0n) is 18.9. The fraction of sp³-hybridized carbons (Fsp3) is 0.318. The number of benzene rings is 1. The van der Waals surface area contributed by atoms with Gasteiger partial charge in [0, 0.05) is 31.5 Å². The Bertz CT molecular complexity index is 1300. The number of rotatable bonds is 11. The molecule has 0 aliphatic carbocycles. The van der Waals surface area contributed by atoms with Crippen LogP contribution in [-0.4, -0.2) is 44.3 Å². The number of nitrogens with one attached hydrogen (secondary N) is 1. The summed E-state index contributed by atoms with van der Waals surface area (Å²) in [6.07, 6.45) is -0.0512. The molecule has 1 aromatic heterocycles. The number of nitrogens with zero attached hydrogens (tertiary/aromatic N) is 4. The number of carbonyl (C=O) groups is 2. The second-order valence-electron chi connectivity index (χ2n) is 6.83. The molecule has 1 heterocycles. The molecule has 1 aromatic carbocycles. The molecule has 0 radical (unpaired) electrons. The van der Waals surface area contributed by atoms with Gasteiger partial charge in [-0.2, -0.15) is 20.1 Å². The molecule has 1 N–H and O–H groups in total. The van der Waals surface area contributed by atoms with Crippen LogP contribution in [0.2, 0.25) is 0 Å². The maximum Gasteiger partial charge on any atom is 0.348 e. The highest BCUT2D eigenvalue weighted by molar-refractivity contribution is 8.04. The number of thiophene rings is 1. The van der Waals surface area contributed by atoms with Crippen LogP contribution >= 0.6 is 23.1 Å². The lowest BCUT2D eigenvalue weighted by atomic mass is 10.2. The van der Waals surface area contributed by atoms with Crippen molar-refractivity contribution in [1.82, 2.24) is 4.31 Å². The number of hydrogen-bond donors (Lipinski definition) is 1. The molecule has 13 heteroatoms. The molecule has 0 fully saturated rings. The van der Waals surface area contributed by atoms with E-state index in [0.29, 0.717) is 15.5 Å². The first-order valence-corrected chi connectivity index (χ1v) is 13.3. The molecular weight excluding hydrogens is 510 g/mol. The summed E-state index contributed by atoms with van der Waals surface area (Å²) in [4.78, 5) is 25.6. The normalized spacial score (nSPS) is 10.7. The van der Waals surface area contributed by atoms with E-state index in [9.17, 15) is 18.0 Å². The molecule has 1 amide bonds. The number of thiocyanates is 1. The molecule has 0 aliphatic heterocycles. The van der Waals surface area contributed by atoms with Crippen LogP contribution in [0.15, 0.2) is 34.1 Å². The quantitative estimate of drug-likeness (QED) is 0.257. The average Bonchev–Trinajstić information content (AvgIpc) is 3.14. The summed E-state index contributed by atoms with van der Waals surface area (Å²) in [6.45, 7) is 3.40. The highest BCUT2D eigenvalue weighted by Gasteiger charge is 2.25. The van der Waals surface area contributed by atoms with Crippen LogP contribution in [0.25, 0.3) is 0 Å². The maximum absolute atomic E-state index is 12.9. The van der Waals surface area contributed by atoms with E-state index in [0.717, 1.165) is 27.4 Å². The van der Waals surface area contributed by atoms with E-state index in [1.54, 1.807) is 13.8 Å². The van der Waals surface area contributed by atoms with Crippen LogP contribution in [0.3, 0.4) is 0 Å². The zero-order valence-corrected chi connectivity index (χ0v) is 21.3. The third kappa shape index (κ3) is 6.81. The van der Waals surface area contributed by atoms with Crippen LogP contribution < -0.4 is 5.32 Å². The molecule has 35 heavy (non-hydrogen) atoms. The van der Waals surface area contributed by atoms with Gasteiger partial charge in [-0.15, -0.1) is 11.3 Å². The molecule has 0 saturated carbocycles. The lowest BCUT2D eigenvalue weighted by Gasteiger charge is -2.20. The van der Waals surface area contributed by atoms with E-state index in [1.165, 1.54) is 24.3 Å². The van der Waals surface area contributed by atoms with Crippen molar-refractivity contribution in [1.29, 1.82) is 15.8 Å². The molecule has 0 saturated heterocycles. The minimum absolute atomic E-state index is 0.0256. The molecule has 2 aromatic rings. The van der Waals surface area contributed by atoms with Gasteiger partial charge in [-0.05, 0) is 55.4 Å². The number of nitriles is 3. The number of carbonyl (C=O) groups excluding carboxylic acids is 2.